The van der Waals surface area contributed by atoms with Crippen LogP contribution in [0, 0.1) is 5.92 Å². The van der Waals surface area contributed by atoms with Crippen molar-refractivity contribution in [3.63, 3.8) is 0 Å². The maximum atomic E-state index is 4.89. The lowest BCUT2D eigenvalue weighted by Gasteiger charge is -2.28. The Hall–Kier alpha value is -0.530. The molecular weight excluding hydrogens is 220 g/mol. The molecule has 0 amide bonds. The molecule has 0 heterocycles. The Morgan fingerprint density at radius 2 is 1.67 bits per heavy atom. The van der Waals surface area contributed by atoms with E-state index in [2.05, 4.69) is 25.9 Å². The summed E-state index contributed by atoms with van der Waals surface area (Å²) in [5.74, 6) is 2.11. The highest BCUT2D eigenvalue weighted by Crippen LogP contribution is 2.25. The normalized spacial score (nSPS) is 18.1. The first-order valence-electron chi connectivity index (χ1n) is 7.97. The molecule has 0 aromatic rings. The highest BCUT2D eigenvalue weighted by Gasteiger charge is 2.20. The molecule has 0 unspecified atom stereocenters. The molecule has 0 bridgehead atoms. The van der Waals surface area contributed by atoms with Gasteiger partial charge in [-0.05, 0) is 19.3 Å². The van der Waals surface area contributed by atoms with Crippen LogP contribution >= 0.6 is 0 Å². The summed E-state index contributed by atoms with van der Waals surface area (Å²) in [5.41, 5.74) is 0. The second kappa shape index (κ2) is 9.41. The van der Waals surface area contributed by atoms with Gasteiger partial charge in [0.2, 0.25) is 0 Å². The van der Waals surface area contributed by atoms with Gasteiger partial charge in [0.25, 0.3) is 0 Å². The zero-order chi connectivity index (χ0) is 13.2. The van der Waals surface area contributed by atoms with E-state index < -0.39 is 0 Å². The van der Waals surface area contributed by atoms with Crippen molar-refractivity contribution < 1.29 is 0 Å². The fraction of sp³-hybridized carbons (Fsp3) is 0.938. The monoisotopic (exact) mass is 252 g/mol. The SMILES string of the molecule is CCCCCCCN=C(C1CCCCC1)N(C)C. The molecule has 0 atom stereocenters. The van der Waals surface area contributed by atoms with Gasteiger partial charge in [-0.25, -0.2) is 0 Å². The third-order valence-corrected chi connectivity index (χ3v) is 3.96. The van der Waals surface area contributed by atoms with E-state index in [0.29, 0.717) is 0 Å². The Bertz CT molecular complexity index is 227. The van der Waals surface area contributed by atoms with Crippen molar-refractivity contribution in [2.75, 3.05) is 20.6 Å². The maximum absolute atomic E-state index is 4.89. The minimum atomic E-state index is 0.740. The number of rotatable bonds is 7. The Morgan fingerprint density at radius 1 is 1.00 bits per heavy atom. The van der Waals surface area contributed by atoms with Crippen LogP contribution in [0.4, 0.5) is 0 Å². The molecule has 0 aromatic heterocycles. The Balaban J connectivity index is 2.31. The van der Waals surface area contributed by atoms with Gasteiger partial charge < -0.3 is 4.90 Å². The summed E-state index contributed by atoms with van der Waals surface area (Å²) in [7, 11) is 4.31. The Kier molecular flexibility index (Phi) is 8.11. The first-order valence-corrected chi connectivity index (χ1v) is 7.97. The average molecular weight is 252 g/mol. The standard InChI is InChI=1S/C16H32N2/c1-4-5-6-7-11-14-17-16(18(2)3)15-12-9-8-10-13-15/h15H,4-14H2,1-3H3. The topological polar surface area (TPSA) is 15.6 Å². The quantitative estimate of drug-likeness (QED) is 0.370. The first-order chi connectivity index (χ1) is 8.75. The van der Waals surface area contributed by atoms with Crippen molar-refractivity contribution in [1.82, 2.24) is 4.90 Å². The minimum absolute atomic E-state index is 0.740. The molecule has 0 saturated heterocycles. The molecular formula is C16H32N2. The van der Waals surface area contributed by atoms with Crippen LogP contribution < -0.4 is 0 Å². The van der Waals surface area contributed by atoms with Crippen LogP contribution in [0.1, 0.15) is 71.1 Å². The number of unbranched alkanes of at least 4 members (excludes halogenated alkanes) is 4. The predicted octanol–water partition coefficient (Wildman–Crippen LogP) is 4.50. The summed E-state index contributed by atoms with van der Waals surface area (Å²) in [5, 5.41) is 0. The van der Waals surface area contributed by atoms with Crippen LogP contribution in [0.25, 0.3) is 0 Å². The number of aliphatic imine (C=N–C) groups is 1. The van der Waals surface area contributed by atoms with Gasteiger partial charge >= 0.3 is 0 Å². The summed E-state index contributed by atoms with van der Waals surface area (Å²) in [6.07, 6.45) is 13.6. The van der Waals surface area contributed by atoms with Gasteiger partial charge in [-0.2, -0.15) is 0 Å². The molecule has 18 heavy (non-hydrogen) atoms. The summed E-state index contributed by atoms with van der Waals surface area (Å²) >= 11 is 0. The lowest BCUT2D eigenvalue weighted by Crippen LogP contribution is -2.31. The van der Waals surface area contributed by atoms with Crippen molar-refractivity contribution in [2.24, 2.45) is 10.9 Å². The zero-order valence-electron chi connectivity index (χ0n) is 12.7. The molecule has 0 N–H and O–H groups in total. The summed E-state index contributed by atoms with van der Waals surface area (Å²) in [6, 6.07) is 0. The third-order valence-electron chi connectivity index (χ3n) is 3.96. The molecule has 1 fully saturated rings. The molecule has 1 aliphatic rings. The molecule has 0 aromatic carbocycles. The van der Waals surface area contributed by atoms with Crippen molar-refractivity contribution in [3.05, 3.63) is 0 Å². The van der Waals surface area contributed by atoms with E-state index >= 15 is 0 Å². The van der Waals surface area contributed by atoms with E-state index in [9.17, 15) is 0 Å². The molecule has 2 nitrogen and oxygen atoms in total. The lowest BCUT2D eigenvalue weighted by atomic mass is 9.88. The van der Waals surface area contributed by atoms with Gasteiger partial charge in [0.05, 0.1) is 0 Å². The molecule has 0 aliphatic heterocycles. The highest BCUT2D eigenvalue weighted by molar-refractivity contribution is 5.84. The third kappa shape index (κ3) is 5.88. The van der Waals surface area contributed by atoms with E-state index in [1.165, 1.54) is 70.0 Å². The number of hydrogen-bond donors (Lipinski definition) is 0. The molecule has 1 rings (SSSR count). The van der Waals surface area contributed by atoms with Gasteiger partial charge in [0, 0.05) is 26.6 Å². The largest absolute Gasteiger partial charge is 0.366 e. The highest BCUT2D eigenvalue weighted by atomic mass is 15.1. The summed E-state index contributed by atoms with van der Waals surface area (Å²) < 4.78 is 0. The minimum Gasteiger partial charge on any atom is -0.366 e. The number of nitrogens with zero attached hydrogens (tertiary/aromatic N) is 2. The van der Waals surface area contributed by atoms with Crippen LogP contribution in [0.5, 0.6) is 0 Å². The second-order valence-corrected chi connectivity index (χ2v) is 5.88. The van der Waals surface area contributed by atoms with E-state index in [1.54, 1.807) is 0 Å². The molecule has 106 valence electrons. The van der Waals surface area contributed by atoms with Gasteiger partial charge in [0.15, 0.2) is 0 Å². The Labute approximate surface area is 114 Å². The van der Waals surface area contributed by atoms with Crippen molar-refractivity contribution in [1.29, 1.82) is 0 Å². The van der Waals surface area contributed by atoms with Crippen LogP contribution in [-0.2, 0) is 0 Å². The second-order valence-electron chi connectivity index (χ2n) is 5.88. The van der Waals surface area contributed by atoms with E-state index in [1.807, 2.05) is 0 Å². The molecule has 0 spiro atoms. The number of hydrogen-bond acceptors (Lipinski definition) is 1. The smallest absolute Gasteiger partial charge is 0.101 e. The van der Waals surface area contributed by atoms with Crippen LogP contribution in [0.2, 0.25) is 0 Å². The van der Waals surface area contributed by atoms with Crippen LogP contribution in [-0.4, -0.2) is 31.4 Å². The maximum Gasteiger partial charge on any atom is 0.101 e. The van der Waals surface area contributed by atoms with Gasteiger partial charge in [-0.1, -0.05) is 51.9 Å². The van der Waals surface area contributed by atoms with E-state index in [4.69, 9.17) is 4.99 Å². The summed E-state index contributed by atoms with van der Waals surface area (Å²) in [4.78, 5) is 7.14. The molecule has 0 radical (unpaired) electrons. The van der Waals surface area contributed by atoms with Crippen molar-refractivity contribution in [2.45, 2.75) is 71.1 Å². The van der Waals surface area contributed by atoms with Crippen LogP contribution in [0.3, 0.4) is 0 Å². The average Bonchev–Trinajstić information content (AvgIpc) is 2.38. The van der Waals surface area contributed by atoms with Crippen molar-refractivity contribution in [3.8, 4) is 0 Å². The predicted molar refractivity (Wildman–Crippen MR) is 81.3 cm³/mol. The van der Waals surface area contributed by atoms with Gasteiger partial charge in [0.1, 0.15) is 5.84 Å². The Morgan fingerprint density at radius 3 is 2.28 bits per heavy atom. The lowest BCUT2D eigenvalue weighted by molar-refractivity contribution is 0.406. The van der Waals surface area contributed by atoms with Crippen LogP contribution in [0.15, 0.2) is 4.99 Å². The van der Waals surface area contributed by atoms with E-state index in [0.717, 1.165) is 12.5 Å². The van der Waals surface area contributed by atoms with Gasteiger partial charge in [-0.15, -0.1) is 0 Å². The molecule has 1 saturated carbocycles. The molecule has 1 aliphatic carbocycles. The fourth-order valence-corrected chi connectivity index (χ4v) is 2.91. The van der Waals surface area contributed by atoms with Crippen molar-refractivity contribution >= 4 is 5.84 Å². The molecule has 2 heteroatoms. The fourth-order valence-electron chi connectivity index (χ4n) is 2.91. The van der Waals surface area contributed by atoms with E-state index in [-0.39, 0.29) is 0 Å². The summed E-state index contributed by atoms with van der Waals surface area (Å²) in [6.45, 7) is 3.30. The number of amidine groups is 1. The van der Waals surface area contributed by atoms with Gasteiger partial charge in [-0.3, -0.25) is 4.99 Å². The zero-order valence-corrected chi connectivity index (χ0v) is 12.7. The first kappa shape index (κ1) is 15.5.